The highest BCUT2D eigenvalue weighted by Crippen LogP contribution is 2.34. The fourth-order valence-corrected chi connectivity index (χ4v) is 7.81. The van der Waals surface area contributed by atoms with Gasteiger partial charge in [-0.05, 0) is 51.9 Å². The van der Waals surface area contributed by atoms with E-state index in [1.54, 1.807) is 0 Å². The molecule has 0 bridgehead atoms. The van der Waals surface area contributed by atoms with Crippen LogP contribution in [0.1, 0.15) is 32.8 Å². The minimum atomic E-state index is -2.86. The fourth-order valence-electron chi connectivity index (χ4n) is 3.43. The Morgan fingerprint density at radius 3 is 2.45 bits per heavy atom. The number of epoxide rings is 1. The highest BCUT2D eigenvalue weighted by molar-refractivity contribution is 6.67. The molecular formula is C21H36O8Si2. The molecule has 3 rings (SSSR count). The van der Waals surface area contributed by atoms with Crippen LogP contribution in [0.5, 0.6) is 11.5 Å². The Morgan fingerprint density at radius 2 is 1.81 bits per heavy atom. The lowest BCUT2D eigenvalue weighted by molar-refractivity contribution is 0.0541. The number of benzene rings is 1. The molecule has 0 radical (unpaired) electrons. The third kappa shape index (κ3) is 7.53. The fraction of sp³-hybridized carbons (Fsp3) is 0.714. The van der Waals surface area contributed by atoms with Crippen molar-refractivity contribution in [3.05, 3.63) is 23.8 Å². The second-order valence-electron chi connectivity index (χ2n) is 7.70. The van der Waals surface area contributed by atoms with Gasteiger partial charge in [0.15, 0.2) is 6.23 Å². The summed E-state index contributed by atoms with van der Waals surface area (Å²) in [4.78, 5) is 0. The summed E-state index contributed by atoms with van der Waals surface area (Å²) in [5, 5.41) is 0. The zero-order chi connectivity index (χ0) is 22.2. The van der Waals surface area contributed by atoms with E-state index in [4.69, 9.17) is 36.3 Å². The standard InChI is InChI=1S/C21H36O8Si2/c1-5-25-31(26-6-2,27-7-3)17-24-19-9-10-21-18(13-19)14-28-30(4,29-21)12-8-11-22-15-20-16-23-20/h9-10,13,20H,5-8,11-12,14-17H2,1-4H3. The summed E-state index contributed by atoms with van der Waals surface area (Å²) < 4.78 is 46.8. The second kappa shape index (κ2) is 11.8. The maximum atomic E-state index is 6.29. The first-order valence-electron chi connectivity index (χ1n) is 11.2. The van der Waals surface area contributed by atoms with Crippen LogP contribution in [-0.4, -0.2) is 69.3 Å². The van der Waals surface area contributed by atoms with Gasteiger partial charge in [-0.15, -0.1) is 0 Å². The molecule has 2 aliphatic rings. The summed E-state index contributed by atoms with van der Waals surface area (Å²) in [7, 11) is -5.11. The molecule has 1 aromatic carbocycles. The first-order chi connectivity index (χ1) is 15.0. The maximum Gasteiger partial charge on any atom is 0.540 e. The van der Waals surface area contributed by atoms with E-state index >= 15 is 0 Å². The van der Waals surface area contributed by atoms with Gasteiger partial charge in [0.2, 0.25) is 0 Å². The van der Waals surface area contributed by atoms with Gasteiger partial charge in [0.05, 0.1) is 19.8 Å². The van der Waals surface area contributed by atoms with E-state index in [0.29, 0.717) is 45.7 Å². The van der Waals surface area contributed by atoms with Crippen molar-refractivity contribution in [2.75, 3.05) is 45.9 Å². The molecule has 1 aromatic rings. The Labute approximate surface area is 187 Å². The van der Waals surface area contributed by atoms with E-state index in [1.165, 1.54) is 0 Å². The molecule has 1 saturated heterocycles. The molecule has 1 fully saturated rings. The van der Waals surface area contributed by atoms with Crippen molar-refractivity contribution in [3.63, 3.8) is 0 Å². The number of fused-ring (bicyclic) bond motifs is 1. The predicted octanol–water partition coefficient (Wildman–Crippen LogP) is 3.44. The van der Waals surface area contributed by atoms with Crippen LogP contribution in [0.15, 0.2) is 18.2 Å². The molecule has 176 valence electrons. The minimum absolute atomic E-state index is 0.265. The van der Waals surface area contributed by atoms with E-state index in [9.17, 15) is 0 Å². The number of hydrogen-bond acceptors (Lipinski definition) is 8. The summed E-state index contributed by atoms with van der Waals surface area (Å²) in [5.41, 5.74) is 0.987. The monoisotopic (exact) mass is 472 g/mol. The zero-order valence-electron chi connectivity index (χ0n) is 19.1. The second-order valence-corrected chi connectivity index (χ2v) is 13.5. The molecule has 0 aliphatic carbocycles. The van der Waals surface area contributed by atoms with Crippen molar-refractivity contribution < 1.29 is 36.3 Å². The van der Waals surface area contributed by atoms with Crippen molar-refractivity contribution in [1.82, 2.24) is 0 Å². The molecule has 2 unspecified atom stereocenters. The van der Waals surface area contributed by atoms with Gasteiger partial charge in [0.25, 0.3) is 0 Å². The molecule has 2 atom stereocenters. The van der Waals surface area contributed by atoms with E-state index in [1.807, 2.05) is 39.0 Å². The van der Waals surface area contributed by atoms with Gasteiger partial charge in [-0.25, -0.2) is 0 Å². The lowest BCUT2D eigenvalue weighted by atomic mass is 10.2. The maximum absolute atomic E-state index is 6.29. The van der Waals surface area contributed by atoms with Gasteiger partial charge >= 0.3 is 17.4 Å². The van der Waals surface area contributed by atoms with Crippen LogP contribution in [0, 0.1) is 0 Å². The Balaban J connectivity index is 1.52. The van der Waals surface area contributed by atoms with Gasteiger partial charge in [0.1, 0.15) is 17.6 Å². The summed E-state index contributed by atoms with van der Waals surface area (Å²) >= 11 is 0. The molecule has 8 nitrogen and oxygen atoms in total. The largest absolute Gasteiger partial charge is 0.540 e. The third-order valence-corrected chi connectivity index (χ3v) is 10.4. The van der Waals surface area contributed by atoms with Crippen LogP contribution in [0.2, 0.25) is 12.6 Å². The van der Waals surface area contributed by atoms with Gasteiger partial charge in [-0.2, -0.15) is 0 Å². The van der Waals surface area contributed by atoms with Crippen molar-refractivity contribution in [2.45, 2.75) is 52.5 Å². The van der Waals surface area contributed by atoms with Crippen LogP contribution < -0.4 is 9.16 Å². The van der Waals surface area contributed by atoms with Gasteiger partial charge in [-0.3, -0.25) is 0 Å². The average molecular weight is 473 g/mol. The van der Waals surface area contributed by atoms with Crippen LogP contribution in [-0.2, 0) is 33.8 Å². The first kappa shape index (κ1) is 24.7. The van der Waals surface area contributed by atoms with Crippen molar-refractivity contribution in [1.29, 1.82) is 0 Å². The molecule has 2 aliphatic heterocycles. The quantitative estimate of drug-likeness (QED) is 0.218. The van der Waals surface area contributed by atoms with Crippen molar-refractivity contribution >= 4 is 17.4 Å². The van der Waals surface area contributed by atoms with E-state index in [0.717, 1.165) is 36.1 Å². The molecule has 0 saturated carbocycles. The molecule has 0 amide bonds. The SMILES string of the molecule is CCO[Si](COc1ccc2c(c1)CO[Si](C)(CCCOCC1CO1)O2)(OCC)OCC. The van der Waals surface area contributed by atoms with Crippen LogP contribution in [0.25, 0.3) is 0 Å². The average Bonchev–Trinajstić information content (AvgIpc) is 3.57. The van der Waals surface area contributed by atoms with Crippen LogP contribution in [0.4, 0.5) is 0 Å². The predicted molar refractivity (Wildman–Crippen MR) is 120 cm³/mol. The molecule has 10 heteroatoms. The normalized spacial score (nSPS) is 22.6. The molecule has 0 N–H and O–H groups in total. The minimum Gasteiger partial charge on any atom is -0.520 e. The molecule has 0 aromatic heterocycles. The summed E-state index contributed by atoms with van der Waals surface area (Å²) in [5.74, 6) is 1.60. The third-order valence-electron chi connectivity index (χ3n) is 5.02. The van der Waals surface area contributed by atoms with E-state index in [2.05, 4.69) is 6.55 Å². The summed E-state index contributed by atoms with van der Waals surface area (Å²) in [6, 6.07) is 6.73. The number of rotatable bonds is 15. The van der Waals surface area contributed by atoms with Gasteiger partial charge in [0, 0.05) is 38.0 Å². The number of hydrogen-bond donors (Lipinski definition) is 0. The molecule has 2 heterocycles. The molecular weight excluding hydrogens is 436 g/mol. The summed E-state index contributed by atoms with van der Waals surface area (Å²) in [6.45, 7) is 12.2. The van der Waals surface area contributed by atoms with Crippen molar-refractivity contribution in [2.24, 2.45) is 0 Å². The lowest BCUT2D eigenvalue weighted by Crippen LogP contribution is -2.51. The Hall–Kier alpha value is -0.986. The van der Waals surface area contributed by atoms with Crippen LogP contribution in [0.3, 0.4) is 0 Å². The zero-order valence-corrected chi connectivity index (χ0v) is 21.1. The van der Waals surface area contributed by atoms with Crippen molar-refractivity contribution in [3.8, 4) is 11.5 Å². The first-order valence-corrected chi connectivity index (χ1v) is 15.7. The smallest absolute Gasteiger partial charge is 0.520 e. The van der Waals surface area contributed by atoms with Gasteiger partial charge in [-0.1, -0.05) is 0 Å². The highest BCUT2D eigenvalue weighted by Gasteiger charge is 2.42. The Morgan fingerprint density at radius 1 is 1.10 bits per heavy atom. The number of ether oxygens (including phenoxy) is 3. The molecule has 0 spiro atoms. The van der Waals surface area contributed by atoms with Gasteiger partial charge < -0.3 is 36.3 Å². The lowest BCUT2D eigenvalue weighted by Gasteiger charge is -2.33. The Kier molecular flexibility index (Phi) is 9.35. The summed E-state index contributed by atoms with van der Waals surface area (Å²) in [6.07, 6.45) is 1.49. The Bertz CT molecular complexity index is 670. The van der Waals surface area contributed by atoms with E-state index in [-0.39, 0.29) is 6.23 Å². The van der Waals surface area contributed by atoms with Crippen LogP contribution >= 0.6 is 0 Å². The van der Waals surface area contributed by atoms with E-state index < -0.39 is 17.4 Å². The topological polar surface area (TPSA) is 77.1 Å². The molecule has 31 heavy (non-hydrogen) atoms. The highest BCUT2D eigenvalue weighted by atomic mass is 28.4.